The van der Waals surface area contributed by atoms with Crippen LogP contribution in [-0.4, -0.2) is 55.9 Å². The van der Waals surface area contributed by atoms with Crippen LogP contribution < -0.4 is 0 Å². The lowest BCUT2D eigenvalue weighted by Crippen LogP contribution is -2.50. The summed E-state index contributed by atoms with van der Waals surface area (Å²) in [7, 11) is -4.59. The maximum Gasteiger partial charge on any atom is 0.435 e. The molecule has 236 valence electrons. The van der Waals surface area contributed by atoms with Gasteiger partial charge >= 0.3 is 30.1 Å². The molecular formula is C28H28F7NO6S. The van der Waals surface area contributed by atoms with Gasteiger partial charge in [0, 0.05) is 18.7 Å². The van der Waals surface area contributed by atoms with Crippen molar-refractivity contribution < 1.29 is 58.6 Å². The number of carbonyl (C=O) groups is 2. The Balaban J connectivity index is 1.75. The van der Waals surface area contributed by atoms with Crippen LogP contribution in [0.5, 0.6) is 0 Å². The van der Waals surface area contributed by atoms with Gasteiger partial charge < -0.3 is 14.7 Å². The van der Waals surface area contributed by atoms with E-state index in [4.69, 9.17) is 4.74 Å². The summed E-state index contributed by atoms with van der Waals surface area (Å²) in [5.74, 6) is -1.28. The third-order valence-corrected chi connectivity index (χ3v) is 10.6. The monoisotopic (exact) mass is 639 g/mol. The fourth-order valence-corrected chi connectivity index (χ4v) is 7.80. The number of aliphatic hydroxyl groups is 1. The number of alkyl halides is 7. The molecule has 1 atom stereocenters. The first kappa shape index (κ1) is 32.7. The topological polar surface area (TPSA) is 101 Å². The molecule has 1 aliphatic carbocycles. The number of rotatable bonds is 6. The van der Waals surface area contributed by atoms with Gasteiger partial charge in [0.15, 0.2) is 9.84 Å². The molecule has 2 aromatic carbocycles. The van der Waals surface area contributed by atoms with Crippen molar-refractivity contribution in [2.24, 2.45) is 5.92 Å². The van der Waals surface area contributed by atoms with Crippen molar-refractivity contribution in [3.05, 3.63) is 65.2 Å². The molecule has 15 heteroatoms. The maximum absolute atomic E-state index is 14.7. The lowest BCUT2D eigenvalue weighted by Gasteiger charge is -2.32. The van der Waals surface area contributed by atoms with Gasteiger partial charge in [0.05, 0.1) is 17.4 Å². The van der Waals surface area contributed by atoms with E-state index in [0.717, 1.165) is 30.2 Å². The van der Waals surface area contributed by atoms with Crippen LogP contribution in [-0.2, 0) is 36.4 Å². The standard InChI is InChI=1S/C28H28F7NO6S/c29-26(27(30,31)32,28(33,34)35)21-11-9-20(10-12-21)25(43(40,41)22-8-4-5-18(15-22)16-37)13-14-36(17-25)24(39)42-23(38)19-6-2-1-3-7-19/h4-5,8-12,15,19,37H,1-3,6-7,13-14,16-17H2. The summed E-state index contributed by atoms with van der Waals surface area (Å²) in [6.07, 6.45) is -10.8. The smallest absolute Gasteiger partial charge is 0.392 e. The Morgan fingerprint density at radius 2 is 1.53 bits per heavy atom. The van der Waals surface area contributed by atoms with Gasteiger partial charge in [0.25, 0.3) is 0 Å². The molecule has 1 unspecified atom stereocenters. The Bertz CT molecular complexity index is 1440. The van der Waals surface area contributed by atoms with Crippen LogP contribution in [0.4, 0.5) is 35.5 Å². The minimum Gasteiger partial charge on any atom is -0.392 e. The fraction of sp³-hybridized carbons (Fsp3) is 0.500. The zero-order chi connectivity index (χ0) is 31.8. The third-order valence-electron chi connectivity index (χ3n) is 8.11. The molecule has 0 spiro atoms. The molecule has 4 rings (SSSR count). The van der Waals surface area contributed by atoms with Gasteiger partial charge in [-0.3, -0.25) is 4.79 Å². The van der Waals surface area contributed by atoms with Crippen molar-refractivity contribution in [2.45, 2.75) is 72.8 Å². The van der Waals surface area contributed by atoms with E-state index in [0.29, 0.717) is 25.0 Å². The minimum atomic E-state index is -6.37. The number of ether oxygens (including phenoxy) is 1. The molecule has 0 bridgehead atoms. The first-order valence-electron chi connectivity index (χ1n) is 13.4. The molecule has 1 heterocycles. The first-order valence-corrected chi connectivity index (χ1v) is 14.8. The average Bonchev–Trinajstić information content (AvgIpc) is 3.44. The van der Waals surface area contributed by atoms with Crippen molar-refractivity contribution in [1.29, 1.82) is 0 Å². The largest absolute Gasteiger partial charge is 0.435 e. The number of hydrogen-bond acceptors (Lipinski definition) is 6. The minimum absolute atomic E-state index is 0.191. The normalized spacial score (nSPS) is 20.7. The van der Waals surface area contributed by atoms with Crippen LogP contribution in [0, 0.1) is 5.92 Å². The van der Waals surface area contributed by atoms with Crippen molar-refractivity contribution in [2.75, 3.05) is 13.1 Å². The van der Waals surface area contributed by atoms with Gasteiger partial charge in [-0.2, -0.15) is 26.3 Å². The van der Waals surface area contributed by atoms with Crippen LogP contribution in [0.15, 0.2) is 53.4 Å². The van der Waals surface area contributed by atoms with Crippen molar-refractivity contribution in [1.82, 2.24) is 4.90 Å². The van der Waals surface area contributed by atoms with Crippen LogP contribution in [0.25, 0.3) is 0 Å². The highest BCUT2D eigenvalue weighted by Crippen LogP contribution is 2.54. The number of likely N-dealkylation sites (tertiary alicyclic amines) is 1. The van der Waals surface area contributed by atoms with Gasteiger partial charge in [-0.1, -0.05) is 55.7 Å². The number of halogens is 7. The van der Waals surface area contributed by atoms with Crippen LogP contribution in [0.3, 0.4) is 0 Å². The first-order chi connectivity index (χ1) is 20.0. The lowest BCUT2D eigenvalue weighted by atomic mass is 9.89. The molecule has 1 saturated heterocycles. The van der Waals surface area contributed by atoms with E-state index in [1.54, 1.807) is 0 Å². The fourth-order valence-electron chi connectivity index (χ4n) is 5.65. The summed E-state index contributed by atoms with van der Waals surface area (Å²) in [6.45, 7) is -1.51. The number of esters is 1. The number of nitrogens with zero attached hydrogens (tertiary/aromatic N) is 1. The Morgan fingerprint density at radius 3 is 2.09 bits per heavy atom. The Labute approximate surface area is 242 Å². The number of carbonyl (C=O) groups excluding carboxylic acids is 2. The Morgan fingerprint density at radius 1 is 0.930 bits per heavy atom. The summed E-state index contributed by atoms with van der Waals surface area (Å²) in [6, 6.07) is 6.79. The molecule has 1 amide bonds. The highest BCUT2D eigenvalue weighted by Gasteiger charge is 2.73. The Kier molecular flexibility index (Phi) is 8.91. The average molecular weight is 640 g/mol. The molecule has 0 radical (unpaired) electrons. The zero-order valence-electron chi connectivity index (χ0n) is 22.5. The summed E-state index contributed by atoms with van der Waals surface area (Å²) in [4.78, 5) is 26.1. The maximum atomic E-state index is 14.7. The van der Waals surface area contributed by atoms with E-state index in [-0.39, 0.29) is 41.1 Å². The second-order valence-electron chi connectivity index (χ2n) is 10.7. The van der Waals surface area contributed by atoms with E-state index in [1.165, 1.54) is 18.2 Å². The summed E-state index contributed by atoms with van der Waals surface area (Å²) < 4.78 is 126. The van der Waals surface area contributed by atoms with Gasteiger partial charge in [0.2, 0.25) is 0 Å². The van der Waals surface area contributed by atoms with Crippen molar-refractivity contribution in [3.8, 4) is 0 Å². The van der Waals surface area contributed by atoms with Gasteiger partial charge in [-0.25, -0.2) is 17.6 Å². The molecule has 2 fully saturated rings. The summed E-state index contributed by atoms with van der Waals surface area (Å²) >= 11 is 0. The molecule has 1 N–H and O–H groups in total. The molecule has 2 aromatic rings. The number of hydrogen-bond donors (Lipinski definition) is 1. The van der Waals surface area contributed by atoms with Crippen molar-refractivity contribution >= 4 is 21.9 Å². The van der Waals surface area contributed by atoms with Gasteiger partial charge in [-0.05, 0) is 42.5 Å². The second-order valence-corrected chi connectivity index (χ2v) is 13.0. The highest BCUT2D eigenvalue weighted by atomic mass is 32.2. The van der Waals surface area contributed by atoms with Crippen molar-refractivity contribution in [3.63, 3.8) is 0 Å². The Hall–Kier alpha value is -3.20. The molecule has 0 aromatic heterocycles. The molecule has 1 saturated carbocycles. The van der Waals surface area contributed by atoms with Crippen LogP contribution >= 0.6 is 0 Å². The second kappa shape index (κ2) is 11.7. The van der Waals surface area contributed by atoms with Gasteiger partial charge in [0.1, 0.15) is 4.75 Å². The molecule has 2 aliphatic rings. The number of sulfone groups is 1. The zero-order valence-corrected chi connectivity index (χ0v) is 23.4. The summed E-state index contributed by atoms with van der Waals surface area (Å²) in [5, 5.41) is 9.50. The lowest BCUT2D eigenvalue weighted by molar-refractivity contribution is -0.348. The highest BCUT2D eigenvalue weighted by molar-refractivity contribution is 7.92. The van der Waals surface area contributed by atoms with Gasteiger partial charge in [-0.15, -0.1) is 0 Å². The van der Waals surface area contributed by atoms with E-state index in [9.17, 15) is 53.8 Å². The predicted octanol–water partition coefficient (Wildman–Crippen LogP) is 6.09. The molecule has 1 aliphatic heterocycles. The quantitative estimate of drug-likeness (QED) is 0.234. The molecular weight excluding hydrogens is 611 g/mol. The predicted molar refractivity (Wildman–Crippen MR) is 137 cm³/mol. The van der Waals surface area contributed by atoms with Crippen LogP contribution in [0.2, 0.25) is 0 Å². The van der Waals surface area contributed by atoms with E-state index in [1.807, 2.05) is 0 Å². The molecule has 7 nitrogen and oxygen atoms in total. The number of benzene rings is 2. The number of amides is 1. The third kappa shape index (κ3) is 5.85. The molecule has 43 heavy (non-hydrogen) atoms. The van der Waals surface area contributed by atoms with E-state index >= 15 is 0 Å². The summed E-state index contributed by atoms with van der Waals surface area (Å²) in [5.41, 5.74) is -7.66. The SMILES string of the molecule is O=C(OC(=O)N1CCC(c2ccc(C(F)(C(F)(F)F)C(F)(F)F)cc2)(S(=O)(=O)c2cccc(CO)c2)C1)C1CCCCC1. The van der Waals surface area contributed by atoms with Crippen LogP contribution in [0.1, 0.15) is 55.2 Å². The van der Waals surface area contributed by atoms with E-state index < -0.39 is 69.3 Å². The number of aliphatic hydroxyl groups excluding tert-OH is 1. The van der Waals surface area contributed by atoms with E-state index in [2.05, 4.69) is 0 Å².